The van der Waals surface area contributed by atoms with Crippen molar-refractivity contribution in [3.8, 4) is 11.3 Å². The molecule has 1 saturated heterocycles. The number of aromatic nitrogens is 4. The average Bonchev–Trinajstić information content (AvgIpc) is 3.21. The molecule has 31 heavy (non-hydrogen) atoms. The van der Waals surface area contributed by atoms with E-state index in [1.165, 1.54) is 0 Å². The van der Waals surface area contributed by atoms with Crippen LogP contribution in [-0.4, -0.2) is 38.7 Å². The largest absolute Gasteiger partial charge is 0.383 e. The van der Waals surface area contributed by atoms with Crippen LogP contribution in [0.4, 0.5) is 11.6 Å². The van der Waals surface area contributed by atoms with Crippen molar-refractivity contribution in [1.82, 2.24) is 25.1 Å². The summed E-state index contributed by atoms with van der Waals surface area (Å²) in [7, 11) is 0. The fraction of sp³-hybridized carbons (Fsp3) is 0.217. The predicted molar refractivity (Wildman–Crippen MR) is 121 cm³/mol. The molecule has 1 fully saturated rings. The van der Waals surface area contributed by atoms with E-state index in [0.717, 1.165) is 48.1 Å². The smallest absolute Gasteiger partial charge is 0.256 e. The molecule has 8 heteroatoms. The minimum absolute atomic E-state index is 0.213. The molecule has 5 rings (SSSR count). The molecule has 1 aliphatic heterocycles. The maximum absolute atomic E-state index is 12.5. The van der Waals surface area contributed by atoms with Gasteiger partial charge in [-0.1, -0.05) is 18.2 Å². The summed E-state index contributed by atoms with van der Waals surface area (Å²) in [6, 6.07) is 15.0. The third-order valence-corrected chi connectivity index (χ3v) is 5.59. The number of carbonyl (C=O) groups is 1. The summed E-state index contributed by atoms with van der Waals surface area (Å²) >= 11 is 0. The first-order chi connectivity index (χ1) is 15.2. The monoisotopic (exact) mass is 413 g/mol. The van der Waals surface area contributed by atoms with Gasteiger partial charge in [0.2, 0.25) is 0 Å². The molecule has 1 aromatic carbocycles. The molecule has 1 aliphatic rings. The maximum Gasteiger partial charge on any atom is 0.256 e. The van der Waals surface area contributed by atoms with Crippen LogP contribution in [0.2, 0.25) is 0 Å². The minimum Gasteiger partial charge on any atom is -0.383 e. The molecule has 8 nitrogen and oxygen atoms in total. The third-order valence-electron chi connectivity index (χ3n) is 5.59. The highest BCUT2D eigenvalue weighted by molar-refractivity contribution is 6.05. The van der Waals surface area contributed by atoms with Crippen molar-refractivity contribution in [1.29, 1.82) is 0 Å². The highest BCUT2D eigenvalue weighted by atomic mass is 16.1. The predicted octanol–water partition coefficient (Wildman–Crippen LogP) is 3.25. The number of pyridine rings is 2. The number of fused-ring (bicyclic) bond motifs is 1. The minimum atomic E-state index is -0.213. The van der Waals surface area contributed by atoms with Gasteiger partial charge in [-0.15, -0.1) is 0 Å². The second-order valence-electron chi connectivity index (χ2n) is 7.63. The molecular formula is C23H23N7O. The topological polar surface area (TPSA) is 111 Å². The summed E-state index contributed by atoms with van der Waals surface area (Å²) in [6.45, 7) is 1.92. The molecule has 4 heterocycles. The fourth-order valence-corrected chi connectivity index (χ4v) is 4.04. The Bertz CT molecular complexity index is 1210. The van der Waals surface area contributed by atoms with Crippen molar-refractivity contribution >= 4 is 28.4 Å². The molecule has 1 unspecified atom stereocenters. The Morgan fingerprint density at radius 1 is 1.10 bits per heavy atom. The molecule has 1 atom stereocenters. The van der Waals surface area contributed by atoms with Gasteiger partial charge in [0.05, 0.1) is 16.9 Å². The summed E-state index contributed by atoms with van der Waals surface area (Å²) in [4.78, 5) is 20.9. The third kappa shape index (κ3) is 3.73. The number of nitrogens with two attached hydrogens (primary N) is 1. The van der Waals surface area contributed by atoms with Gasteiger partial charge < -0.3 is 16.4 Å². The van der Waals surface area contributed by atoms with Crippen LogP contribution >= 0.6 is 0 Å². The Hall–Kier alpha value is -3.78. The Kier molecular flexibility index (Phi) is 5.05. The van der Waals surface area contributed by atoms with Gasteiger partial charge in [-0.2, -0.15) is 5.10 Å². The Morgan fingerprint density at radius 2 is 1.97 bits per heavy atom. The summed E-state index contributed by atoms with van der Waals surface area (Å²) in [5, 5.41) is 12.0. The summed E-state index contributed by atoms with van der Waals surface area (Å²) < 4.78 is 2.07. The number of nitrogens with zero attached hydrogens (tertiary/aromatic N) is 4. The van der Waals surface area contributed by atoms with E-state index in [1.54, 1.807) is 36.7 Å². The number of carbonyl (C=O) groups excluding carboxylic acids is 1. The zero-order valence-electron chi connectivity index (χ0n) is 17.0. The quantitative estimate of drug-likeness (QED) is 0.474. The number of piperidine rings is 1. The molecule has 1 amide bonds. The van der Waals surface area contributed by atoms with Crippen LogP contribution in [-0.2, 0) is 0 Å². The molecule has 0 saturated carbocycles. The molecule has 0 radical (unpaired) electrons. The Morgan fingerprint density at radius 3 is 2.71 bits per heavy atom. The van der Waals surface area contributed by atoms with Crippen molar-refractivity contribution in [2.75, 3.05) is 24.1 Å². The highest BCUT2D eigenvalue weighted by Gasteiger charge is 2.22. The SMILES string of the molecule is Nc1nccc2c1c(-c1ccc(C(=O)Nc3ccccn3)cc1)nn2C1CCCNC1. The Balaban J connectivity index is 1.48. The number of hydrogen-bond acceptors (Lipinski definition) is 6. The van der Waals surface area contributed by atoms with Crippen molar-refractivity contribution in [2.45, 2.75) is 18.9 Å². The van der Waals surface area contributed by atoms with Crippen LogP contribution in [0.25, 0.3) is 22.2 Å². The van der Waals surface area contributed by atoms with Gasteiger partial charge in [-0.25, -0.2) is 9.97 Å². The van der Waals surface area contributed by atoms with Gasteiger partial charge in [0.15, 0.2) is 0 Å². The first-order valence-electron chi connectivity index (χ1n) is 10.4. The summed E-state index contributed by atoms with van der Waals surface area (Å²) in [5.41, 5.74) is 9.44. The molecule has 0 bridgehead atoms. The number of nitrogens with one attached hydrogen (secondary N) is 2. The van der Waals surface area contributed by atoms with E-state index in [1.807, 2.05) is 24.3 Å². The van der Waals surface area contributed by atoms with Gasteiger partial charge in [0, 0.05) is 30.1 Å². The van der Waals surface area contributed by atoms with Crippen molar-refractivity contribution in [3.63, 3.8) is 0 Å². The zero-order chi connectivity index (χ0) is 21.2. The van der Waals surface area contributed by atoms with E-state index in [2.05, 4.69) is 25.3 Å². The maximum atomic E-state index is 12.5. The normalized spacial score (nSPS) is 16.3. The number of benzene rings is 1. The number of amides is 1. The molecule has 4 aromatic rings. The Labute approximate surface area is 179 Å². The standard InChI is InChI=1S/C23H23N7O/c24-22-20-18(10-13-27-22)30(17-4-3-11-25-14-17)29-21(20)15-6-8-16(9-7-15)23(31)28-19-5-1-2-12-26-19/h1-2,5-10,12-13,17,25H,3-4,11,14H2,(H2,24,27)(H,26,28,31). The van der Waals surface area contributed by atoms with E-state index < -0.39 is 0 Å². The van der Waals surface area contributed by atoms with E-state index in [-0.39, 0.29) is 11.9 Å². The van der Waals surface area contributed by atoms with Gasteiger partial charge >= 0.3 is 0 Å². The van der Waals surface area contributed by atoms with Crippen LogP contribution in [0.1, 0.15) is 29.2 Å². The average molecular weight is 413 g/mol. The van der Waals surface area contributed by atoms with Crippen LogP contribution in [0.15, 0.2) is 60.9 Å². The van der Waals surface area contributed by atoms with E-state index in [9.17, 15) is 4.79 Å². The van der Waals surface area contributed by atoms with Gasteiger partial charge in [-0.05, 0) is 49.7 Å². The van der Waals surface area contributed by atoms with E-state index in [4.69, 9.17) is 10.8 Å². The van der Waals surface area contributed by atoms with Crippen molar-refractivity contribution in [3.05, 3.63) is 66.5 Å². The van der Waals surface area contributed by atoms with Crippen LogP contribution < -0.4 is 16.4 Å². The number of nitrogen functional groups attached to an aromatic ring is 1. The summed E-state index contributed by atoms with van der Waals surface area (Å²) in [5.74, 6) is 0.760. The van der Waals surface area contributed by atoms with Crippen molar-refractivity contribution < 1.29 is 4.79 Å². The number of rotatable bonds is 4. The second-order valence-corrected chi connectivity index (χ2v) is 7.63. The van der Waals surface area contributed by atoms with E-state index in [0.29, 0.717) is 17.2 Å². The number of hydrogen-bond donors (Lipinski definition) is 3. The first kappa shape index (κ1) is 19.2. The molecular weight excluding hydrogens is 390 g/mol. The molecule has 0 aliphatic carbocycles. The second kappa shape index (κ2) is 8.16. The van der Waals surface area contributed by atoms with Crippen LogP contribution in [0, 0.1) is 0 Å². The first-order valence-corrected chi connectivity index (χ1v) is 10.4. The summed E-state index contributed by atoms with van der Waals surface area (Å²) in [6.07, 6.45) is 5.54. The fourth-order valence-electron chi connectivity index (χ4n) is 4.04. The molecule has 4 N–H and O–H groups in total. The molecule has 3 aromatic heterocycles. The highest BCUT2D eigenvalue weighted by Crippen LogP contribution is 2.34. The lowest BCUT2D eigenvalue weighted by atomic mass is 10.1. The van der Waals surface area contributed by atoms with Crippen LogP contribution in [0.3, 0.4) is 0 Å². The van der Waals surface area contributed by atoms with Gasteiger partial charge in [-0.3, -0.25) is 9.48 Å². The molecule has 0 spiro atoms. The lowest BCUT2D eigenvalue weighted by Crippen LogP contribution is -2.32. The van der Waals surface area contributed by atoms with Crippen molar-refractivity contribution in [2.24, 2.45) is 0 Å². The lowest BCUT2D eigenvalue weighted by molar-refractivity contribution is 0.102. The lowest BCUT2D eigenvalue weighted by Gasteiger charge is -2.23. The number of anilines is 2. The van der Waals surface area contributed by atoms with Gasteiger partial charge in [0.25, 0.3) is 5.91 Å². The van der Waals surface area contributed by atoms with Crippen LogP contribution in [0.5, 0.6) is 0 Å². The van der Waals surface area contributed by atoms with Gasteiger partial charge in [0.1, 0.15) is 17.3 Å². The van der Waals surface area contributed by atoms with E-state index >= 15 is 0 Å². The zero-order valence-corrected chi connectivity index (χ0v) is 17.0. The molecule has 156 valence electrons.